The van der Waals surface area contributed by atoms with Crippen LogP contribution in [0.4, 0.5) is 0 Å². The lowest BCUT2D eigenvalue weighted by atomic mass is 9.92. The Labute approximate surface area is 244 Å². The van der Waals surface area contributed by atoms with E-state index < -0.39 is 30.1 Å². The number of aliphatic carboxylic acids is 2. The number of benzene rings is 5. The summed E-state index contributed by atoms with van der Waals surface area (Å²) in [6.07, 6.45) is -1.46. The summed E-state index contributed by atoms with van der Waals surface area (Å²) >= 11 is 0. The summed E-state index contributed by atoms with van der Waals surface area (Å²) in [6.45, 7) is 0. The Balaban J connectivity index is 0.000000178. The SMILES string of the molecule is O=C(O)C(c1ccccc1)c1ccccc1.O=C(O)C(c1ccccc1)c1ccccc1.Oc1ccc(C(O)O)cc1. The maximum absolute atomic E-state index is 11.3. The van der Waals surface area contributed by atoms with Crippen LogP contribution in [0, 0.1) is 0 Å². The number of carboxylic acid groups (broad SMARTS) is 2. The Bertz CT molecular complexity index is 1320. The summed E-state index contributed by atoms with van der Waals surface area (Å²) in [7, 11) is 0. The Hall–Kier alpha value is -5.24. The molecule has 214 valence electrons. The highest BCUT2D eigenvalue weighted by Gasteiger charge is 2.22. The summed E-state index contributed by atoms with van der Waals surface area (Å²) in [4.78, 5) is 22.6. The molecule has 7 nitrogen and oxygen atoms in total. The predicted octanol–water partition coefficient (Wildman–Crippen LogP) is 6.18. The second-order valence-corrected chi connectivity index (χ2v) is 9.15. The first kappa shape index (κ1) is 31.3. The van der Waals surface area contributed by atoms with E-state index in [2.05, 4.69) is 0 Å². The molecule has 5 aromatic rings. The van der Waals surface area contributed by atoms with Crippen LogP contribution in [-0.2, 0) is 9.59 Å². The molecule has 0 aliphatic heterocycles. The minimum absolute atomic E-state index is 0.115. The highest BCUT2D eigenvalue weighted by molar-refractivity contribution is 5.81. The molecule has 42 heavy (non-hydrogen) atoms. The van der Waals surface area contributed by atoms with Gasteiger partial charge in [0.1, 0.15) is 17.6 Å². The zero-order valence-corrected chi connectivity index (χ0v) is 22.6. The number of aromatic hydroxyl groups is 1. The number of carbonyl (C=O) groups is 2. The van der Waals surface area contributed by atoms with E-state index in [0.29, 0.717) is 5.56 Å². The van der Waals surface area contributed by atoms with Gasteiger partial charge in [0.05, 0.1) is 0 Å². The van der Waals surface area contributed by atoms with Crippen molar-refractivity contribution in [1.29, 1.82) is 0 Å². The van der Waals surface area contributed by atoms with Gasteiger partial charge in [-0.2, -0.15) is 0 Å². The molecular weight excluding hydrogens is 532 g/mol. The summed E-state index contributed by atoms with van der Waals surface area (Å²) < 4.78 is 0. The van der Waals surface area contributed by atoms with Gasteiger partial charge in [-0.25, -0.2) is 0 Å². The number of rotatable bonds is 7. The first-order valence-corrected chi connectivity index (χ1v) is 13.1. The van der Waals surface area contributed by atoms with E-state index in [1.807, 2.05) is 121 Å². The normalized spacial score (nSPS) is 10.3. The van der Waals surface area contributed by atoms with Crippen LogP contribution in [-0.4, -0.2) is 37.5 Å². The molecule has 5 aromatic carbocycles. The molecule has 0 saturated heterocycles. The molecule has 0 aliphatic rings. The number of aliphatic hydroxyl groups is 2. The molecule has 5 rings (SSSR count). The van der Waals surface area contributed by atoms with E-state index >= 15 is 0 Å². The molecule has 0 amide bonds. The maximum Gasteiger partial charge on any atom is 0.315 e. The fourth-order valence-corrected chi connectivity index (χ4v) is 4.18. The molecule has 0 saturated carbocycles. The molecule has 0 heterocycles. The van der Waals surface area contributed by atoms with Gasteiger partial charge in [-0.3, -0.25) is 9.59 Å². The zero-order chi connectivity index (χ0) is 30.3. The van der Waals surface area contributed by atoms with Crippen LogP contribution in [0.3, 0.4) is 0 Å². The van der Waals surface area contributed by atoms with Crippen molar-refractivity contribution in [3.05, 3.63) is 173 Å². The first-order chi connectivity index (χ1) is 20.3. The third kappa shape index (κ3) is 9.45. The third-order valence-corrected chi connectivity index (χ3v) is 6.22. The third-order valence-electron chi connectivity index (χ3n) is 6.22. The summed E-state index contributed by atoms with van der Waals surface area (Å²) in [6, 6.07) is 42.8. The topological polar surface area (TPSA) is 135 Å². The second kappa shape index (κ2) is 16.1. The van der Waals surface area contributed by atoms with Crippen LogP contribution in [0.2, 0.25) is 0 Å². The van der Waals surface area contributed by atoms with E-state index in [1.165, 1.54) is 24.3 Å². The number of hydrogen-bond acceptors (Lipinski definition) is 5. The molecule has 0 aromatic heterocycles. The van der Waals surface area contributed by atoms with Gasteiger partial charge in [-0.05, 0) is 34.4 Å². The van der Waals surface area contributed by atoms with Crippen LogP contribution in [0.25, 0.3) is 0 Å². The van der Waals surface area contributed by atoms with Crippen molar-refractivity contribution in [3.8, 4) is 5.75 Å². The van der Waals surface area contributed by atoms with Gasteiger partial charge in [-0.1, -0.05) is 133 Å². The Kier molecular flexibility index (Phi) is 12.0. The lowest BCUT2D eigenvalue weighted by Crippen LogP contribution is -2.12. The maximum atomic E-state index is 11.3. The monoisotopic (exact) mass is 564 g/mol. The number of phenols is 1. The van der Waals surface area contributed by atoms with E-state index in [1.54, 1.807) is 0 Å². The van der Waals surface area contributed by atoms with Crippen molar-refractivity contribution in [3.63, 3.8) is 0 Å². The molecule has 0 aliphatic carbocycles. The Morgan fingerprint density at radius 1 is 0.405 bits per heavy atom. The van der Waals surface area contributed by atoms with Crippen molar-refractivity contribution >= 4 is 11.9 Å². The quantitative estimate of drug-likeness (QED) is 0.149. The number of carboxylic acids is 2. The standard InChI is InChI=1S/2C14H12O2.C7H8O3/c2*15-14(16)13(11-7-3-1-4-8-11)12-9-5-2-6-10-12;8-6-3-1-5(2-4-6)7(9)10/h2*1-10,13H,(H,15,16);1-4,7-10H. The second-order valence-electron chi connectivity index (χ2n) is 9.15. The summed E-state index contributed by atoms with van der Waals surface area (Å²) in [5.74, 6) is -2.69. The first-order valence-electron chi connectivity index (χ1n) is 13.1. The van der Waals surface area contributed by atoms with Crippen LogP contribution in [0.1, 0.15) is 45.9 Å². The summed E-state index contributed by atoms with van der Waals surface area (Å²) in [5, 5.41) is 44.5. The summed E-state index contributed by atoms with van der Waals surface area (Å²) in [5.41, 5.74) is 3.60. The molecular formula is C35H32O7. The van der Waals surface area contributed by atoms with Gasteiger partial charge in [0, 0.05) is 5.56 Å². The fourth-order valence-electron chi connectivity index (χ4n) is 4.18. The molecule has 0 radical (unpaired) electrons. The molecule has 0 bridgehead atoms. The van der Waals surface area contributed by atoms with E-state index in [4.69, 9.17) is 15.3 Å². The van der Waals surface area contributed by atoms with Crippen LogP contribution >= 0.6 is 0 Å². The van der Waals surface area contributed by atoms with Gasteiger partial charge in [0.25, 0.3) is 0 Å². The van der Waals surface area contributed by atoms with Crippen molar-refractivity contribution in [2.45, 2.75) is 18.1 Å². The molecule has 0 spiro atoms. The van der Waals surface area contributed by atoms with Gasteiger partial charge >= 0.3 is 11.9 Å². The highest BCUT2D eigenvalue weighted by Crippen LogP contribution is 2.25. The van der Waals surface area contributed by atoms with Gasteiger partial charge in [0.2, 0.25) is 0 Å². The van der Waals surface area contributed by atoms with Crippen LogP contribution < -0.4 is 0 Å². The van der Waals surface area contributed by atoms with Crippen LogP contribution in [0.15, 0.2) is 146 Å². The van der Waals surface area contributed by atoms with Crippen molar-refractivity contribution in [2.24, 2.45) is 0 Å². The average Bonchev–Trinajstić information content (AvgIpc) is 3.00. The smallest absolute Gasteiger partial charge is 0.315 e. The minimum atomic E-state index is -1.46. The largest absolute Gasteiger partial charge is 0.508 e. The molecule has 0 unspecified atom stereocenters. The lowest BCUT2D eigenvalue weighted by Gasteiger charge is -2.12. The molecule has 0 fully saturated rings. The van der Waals surface area contributed by atoms with Gasteiger partial charge < -0.3 is 25.5 Å². The van der Waals surface area contributed by atoms with Gasteiger partial charge in [0.15, 0.2) is 6.29 Å². The van der Waals surface area contributed by atoms with E-state index in [-0.39, 0.29) is 5.75 Å². The minimum Gasteiger partial charge on any atom is -0.508 e. The predicted molar refractivity (Wildman–Crippen MR) is 160 cm³/mol. The van der Waals surface area contributed by atoms with Gasteiger partial charge in [-0.15, -0.1) is 0 Å². The fraction of sp³-hybridized carbons (Fsp3) is 0.0857. The molecule has 7 heteroatoms. The van der Waals surface area contributed by atoms with Crippen molar-refractivity contribution in [1.82, 2.24) is 0 Å². The zero-order valence-electron chi connectivity index (χ0n) is 22.6. The Morgan fingerprint density at radius 2 is 0.667 bits per heavy atom. The van der Waals surface area contributed by atoms with E-state index in [9.17, 15) is 19.8 Å². The highest BCUT2D eigenvalue weighted by atomic mass is 16.5. The van der Waals surface area contributed by atoms with Crippen LogP contribution in [0.5, 0.6) is 5.75 Å². The number of phenolic OH excluding ortho intramolecular Hbond substituents is 1. The average molecular weight is 565 g/mol. The number of aliphatic hydroxyl groups excluding tert-OH is 1. The van der Waals surface area contributed by atoms with Crippen molar-refractivity contribution < 1.29 is 35.1 Å². The van der Waals surface area contributed by atoms with E-state index in [0.717, 1.165) is 22.3 Å². The lowest BCUT2D eigenvalue weighted by molar-refractivity contribution is -0.138. The Morgan fingerprint density at radius 3 is 0.881 bits per heavy atom. The number of hydrogen-bond donors (Lipinski definition) is 5. The molecule has 0 atom stereocenters. The molecule has 5 N–H and O–H groups in total. The van der Waals surface area contributed by atoms with Crippen molar-refractivity contribution in [2.75, 3.05) is 0 Å².